The molecular formula is C10H12N2O3. The van der Waals surface area contributed by atoms with Crippen LogP contribution in [-0.4, -0.2) is 23.8 Å². The third-order valence-electron chi connectivity index (χ3n) is 1.70. The predicted octanol–water partition coefficient (Wildman–Crippen LogP) is 1.25. The Morgan fingerprint density at radius 1 is 1.33 bits per heavy atom. The standard InChI is InChI=1S/C10H12N2O3/c1-6(13)9-4-8(15-3)5-10(12-9)11-7(2)14/h4-5H,1-3H3,(H,11,12,14). The number of ketones is 1. The molecule has 0 aliphatic carbocycles. The number of nitrogens with zero attached hydrogens (tertiary/aromatic N) is 1. The number of anilines is 1. The average Bonchev–Trinajstić information content (AvgIpc) is 2.16. The summed E-state index contributed by atoms with van der Waals surface area (Å²) in [5.41, 5.74) is 0.262. The summed E-state index contributed by atoms with van der Waals surface area (Å²) in [6, 6.07) is 3.07. The van der Waals surface area contributed by atoms with Gasteiger partial charge in [-0.25, -0.2) is 4.98 Å². The van der Waals surface area contributed by atoms with Gasteiger partial charge in [-0.05, 0) is 0 Å². The first-order valence-electron chi connectivity index (χ1n) is 4.37. The molecule has 1 N–H and O–H groups in total. The van der Waals surface area contributed by atoms with Crippen LogP contribution in [0.25, 0.3) is 0 Å². The van der Waals surface area contributed by atoms with E-state index < -0.39 is 0 Å². The van der Waals surface area contributed by atoms with Crippen molar-refractivity contribution in [2.75, 3.05) is 12.4 Å². The Morgan fingerprint density at radius 3 is 2.47 bits per heavy atom. The van der Waals surface area contributed by atoms with Crippen molar-refractivity contribution in [1.82, 2.24) is 4.98 Å². The SMILES string of the molecule is COc1cc(NC(C)=O)nc(C(C)=O)c1. The van der Waals surface area contributed by atoms with E-state index in [-0.39, 0.29) is 17.4 Å². The molecule has 0 spiro atoms. The average molecular weight is 208 g/mol. The quantitative estimate of drug-likeness (QED) is 0.759. The molecule has 0 unspecified atom stereocenters. The molecule has 1 heterocycles. The summed E-state index contributed by atoms with van der Waals surface area (Å²) in [4.78, 5) is 25.9. The van der Waals surface area contributed by atoms with Gasteiger partial charge in [-0.1, -0.05) is 0 Å². The fraction of sp³-hybridized carbons (Fsp3) is 0.300. The van der Waals surface area contributed by atoms with E-state index in [9.17, 15) is 9.59 Å². The van der Waals surface area contributed by atoms with Gasteiger partial charge in [-0.15, -0.1) is 0 Å². The lowest BCUT2D eigenvalue weighted by Crippen LogP contribution is -2.09. The van der Waals surface area contributed by atoms with E-state index in [0.29, 0.717) is 11.6 Å². The van der Waals surface area contributed by atoms with Crippen LogP contribution in [0.2, 0.25) is 0 Å². The second kappa shape index (κ2) is 4.54. The van der Waals surface area contributed by atoms with Crippen molar-refractivity contribution in [3.05, 3.63) is 17.8 Å². The number of carbonyl (C=O) groups excluding carboxylic acids is 2. The zero-order valence-corrected chi connectivity index (χ0v) is 8.83. The summed E-state index contributed by atoms with van der Waals surface area (Å²) >= 11 is 0. The Kier molecular flexibility index (Phi) is 3.38. The normalized spacial score (nSPS) is 9.53. The predicted molar refractivity (Wildman–Crippen MR) is 55.1 cm³/mol. The van der Waals surface area contributed by atoms with E-state index in [1.165, 1.54) is 27.0 Å². The molecule has 0 saturated heterocycles. The molecule has 5 nitrogen and oxygen atoms in total. The van der Waals surface area contributed by atoms with Crippen LogP contribution in [0.4, 0.5) is 5.82 Å². The molecule has 0 atom stereocenters. The fourth-order valence-electron chi connectivity index (χ4n) is 1.05. The molecule has 0 aromatic carbocycles. The molecule has 0 aliphatic heterocycles. The molecule has 1 aromatic rings. The van der Waals surface area contributed by atoms with E-state index in [1.807, 2.05) is 0 Å². The first kappa shape index (κ1) is 11.2. The number of rotatable bonds is 3. The maximum atomic E-state index is 11.1. The topological polar surface area (TPSA) is 68.3 Å². The Bertz CT molecular complexity index is 402. The van der Waals surface area contributed by atoms with Crippen LogP contribution in [0, 0.1) is 0 Å². The highest BCUT2D eigenvalue weighted by atomic mass is 16.5. The Hall–Kier alpha value is -1.91. The highest BCUT2D eigenvalue weighted by Gasteiger charge is 2.07. The van der Waals surface area contributed by atoms with Gasteiger partial charge in [0.25, 0.3) is 0 Å². The minimum Gasteiger partial charge on any atom is -0.497 e. The van der Waals surface area contributed by atoms with Crippen LogP contribution in [0.1, 0.15) is 24.3 Å². The highest BCUT2D eigenvalue weighted by molar-refractivity contribution is 5.94. The number of aromatic nitrogens is 1. The van der Waals surface area contributed by atoms with E-state index in [2.05, 4.69) is 10.3 Å². The number of ether oxygens (including phenoxy) is 1. The monoisotopic (exact) mass is 208 g/mol. The Labute approximate surface area is 87.5 Å². The largest absolute Gasteiger partial charge is 0.497 e. The number of nitrogens with one attached hydrogen (secondary N) is 1. The van der Waals surface area contributed by atoms with Crippen molar-refractivity contribution < 1.29 is 14.3 Å². The van der Waals surface area contributed by atoms with Gasteiger partial charge >= 0.3 is 0 Å². The number of carbonyl (C=O) groups is 2. The van der Waals surface area contributed by atoms with Gasteiger partial charge in [0.1, 0.15) is 17.3 Å². The van der Waals surface area contributed by atoms with Crippen molar-refractivity contribution >= 4 is 17.5 Å². The van der Waals surface area contributed by atoms with E-state index in [1.54, 1.807) is 6.07 Å². The molecule has 0 fully saturated rings. The van der Waals surface area contributed by atoms with E-state index in [0.717, 1.165) is 0 Å². The van der Waals surface area contributed by atoms with E-state index >= 15 is 0 Å². The lowest BCUT2D eigenvalue weighted by molar-refractivity contribution is -0.114. The molecule has 0 bridgehead atoms. The van der Waals surface area contributed by atoms with Gasteiger partial charge in [-0.3, -0.25) is 9.59 Å². The number of amides is 1. The molecule has 15 heavy (non-hydrogen) atoms. The van der Waals surface area contributed by atoms with Crippen molar-refractivity contribution in [1.29, 1.82) is 0 Å². The van der Waals surface area contributed by atoms with Crippen molar-refractivity contribution in [2.24, 2.45) is 0 Å². The van der Waals surface area contributed by atoms with Gasteiger partial charge < -0.3 is 10.1 Å². The Morgan fingerprint density at radius 2 is 2.00 bits per heavy atom. The van der Waals surface area contributed by atoms with Crippen LogP contribution >= 0.6 is 0 Å². The number of hydrogen-bond donors (Lipinski definition) is 1. The molecule has 0 radical (unpaired) electrons. The summed E-state index contributed by atoms with van der Waals surface area (Å²) in [6.45, 7) is 2.77. The third kappa shape index (κ3) is 3.05. The number of pyridine rings is 1. The second-order valence-electron chi connectivity index (χ2n) is 3.01. The minimum atomic E-state index is -0.245. The molecule has 1 rings (SSSR count). The van der Waals surface area contributed by atoms with E-state index in [4.69, 9.17) is 4.74 Å². The third-order valence-corrected chi connectivity index (χ3v) is 1.70. The van der Waals surface area contributed by atoms with Gasteiger partial charge in [-0.2, -0.15) is 0 Å². The summed E-state index contributed by atoms with van der Waals surface area (Å²) in [7, 11) is 1.48. The van der Waals surface area contributed by atoms with Crippen molar-refractivity contribution in [2.45, 2.75) is 13.8 Å². The summed E-state index contributed by atoms with van der Waals surface area (Å²) in [5.74, 6) is 0.372. The maximum Gasteiger partial charge on any atom is 0.222 e. The first-order chi connectivity index (χ1) is 7.02. The van der Waals surface area contributed by atoms with Gasteiger partial charge in [0.05, 0.1) is 7.11 Å². The summed E-state index contributed by atoms with van der Waals surface area (Å²) < 4.78 is 4.98. The zero-order chi connectivity index (χ0) is 11.4. The molecule has 1 amide bonds. The smallest absolute Gasteiger partial charge is 0.222 e. The molecule has 80 valence electrons. The number of Topliss-reactive ketones (excluding diaryl/α,β-unsaturated/α-hetero) is 1. The van der Waals surface area contributed by atoms with Crippen LogP contribution in [0.5, 0.6) is 5.75 Å². The second-order valence-corrected chi connectivity index (χ2v) is 3.01. The fourth-order valence-corrected chi connectivity index (χ4v) is 1.05. The summed E-state index contributed by atoms with van der Waals surface area (Å²) in [5, 5.41) is 2.49. The molecule has 0 saturated carbocycles. The summed E-state index contributed by atoms with van der Waals surface area (Å²) in [6.07, 6.45) is 0. The van der Waals surface area contributed by atoms with Crippen molar-refractivity contribution in [3.63, 3.8) is 0 Å². The highest BCUT2D eigenvalue weighted by Crippen LogP contribution is 2.17. The zero-order valence-electron chi connectivity index (χ0n) is 8.83. The minimum absolute atomic E-state index is 0.180. The van der Waals surface area contributed by atoms with Crippen LogP contribution in [0.15, 0.2) is 12.1 Å². The van der Waals surface area contributed by atoms with Crippen molar-refractivity contribution in [3.8, 4) is 5.75 Å². The molecular weight excluding hydrogens is 196 g/mol. The van der Waals surface area contributed by atoms with Gasteiger partial charge in [0.2, 0.25) is 5.91 Å². The first-order valence-corrected chi connectivity index (χ1v) is 4.37. The Balaban J connectivity index is 3.11. The lowest BCUT2D eigenvalue weighted by Gasteiger charge is -2.06. The van der Waals surface area contributed by atoms with Crippen LogP contribution in [0.3, 0.4) is 0 Å². The molecule has 5 heteroatoms. The maximum absolute atomic E-state index is 11.1. The van der Waals surface area contributed by atoms with Crippen LogP contribution < -0.4 is 10.1 Å². The number of hydrogen-bond acceptors (Lipinski definition) is 4. The lowest BCUT2D eigenvalue weighted by atomic mass is 10.2. The molecule has 0 aliphatic rings. The van der Waals surface area contributed by atoms with Gasteiger partial charge in [0, 0.05) is 26.0 Å². The number of methoxy groups -OCH3 is 1. The van der Waals surface area contributed by atoms with Gasteiger partial charge in [0.15, 0.2) is 5.78 Å². The molecule has 1 aromatic heterocycles. The van der Waals surface area contributed by atoms with Crippen LogP contribution in [-0.2, 0) is 4.79 Å².